The second-order valence-electron chi connectivity index (χ2n) is 7.71. The zero-order chi connectivity index (χ0) is 22.6. The number of morpholine rings is 1. The van der Waals surface area contributed by atoms with E-state index in [1.807, 2.05) is 55.1 Å². The highest BCUT2D eigenvalue weighted by Gasteiger charge is 2.34. The monoisotopic (exact) mass is 439 g/mol. The third-order valence-electron chi connectivity index (χ3n) is 5.63. The van der Waals surface area contributed by atoms with Crippen LogP contribution in [0.25, 0.3) is 11.1 Å². The van der Waals surface area contributed by atoms with Crippen LogP contribution in [0.5, 0.6) is 0 Å². The summed E-state index contributed by atoms with van der Waals surface area (Å²) in [5, 5.41) is 4.17. The molecule has 1 aliphatic rings. The lowest BCUT2D eigenvalue weighted by atomic mass is 9.90. The normalized spacial score (nSPS) is 16.7. The van der Waals surface area contributed by atoms with E-state index in [1.54, 1.807) is 12.1 Å². The van der Waals surface area contributed by atoms with Gasteiger partial charge in [-0.1, -0.05) is 47.6 Å². The smallest absolute Gasteiger partial charge is 0.253 e. The van der Waals surface area contributed by atoms with Gasteiger partial charge in [-0.2, -0.15) is 4.99 Å². The lowest BCUT2D eigenvalue weighted by molar-refractivity contribution is -0.0757. The van der Waals surface area contributed by atoms with Gasteiger partial charge in [0.1, 0.15) is 17.1 Å². The van der Waals surface area contributed by atoms with Gasteiger partial charge in [0, 0.05) is 18.2 Å². The number of aliphatic imine (C=N–C) groups is 1. The second kappa shape index (κ2) is 9.50. The third-order valence-corrected chi connectivity index (χ3v) is 5.63. The van der Waals surface area contributed by atoms with Crippen LogP contribution >= 0.6 is 0 Å². The molecule has 1 atom stereocenters. The van der Waals surface area contributed by atoms with Gasteiger partial charge in [-0.25, -0.2) is 4.39 Å². The van der Waals surface area contributed by atoms with Crippen LogP contribution in [0.3, 0.4) is 0 Å². The predicted octanol–water partition coefficient (Wildman–Crippen LogP) is 3.57. The van der Waals surface area contributed by atoms with Crippen molar-refractivity contribution in [2.45, 2.75) is 19.4 Å². The van der Waals surface area contributed by atoms with Crippen LogP contribution in [0.2, 0.25) is 0 Å². The van der Waals surface area contributed by atoms with E-state index in [9.17, 15) is 0 Å². The number of nitrogens with zero attached hydrogens (tertiary/aromatic N) is 3. The first-order valence-electron chi connectivity index (χ1n) is 10.7. The van der Waals surface area contributed by atoms with Gasteiger partial charge >= 0.3 is 0 Å². The summed E-state index contributed by atoms with van der Waals surface area (Å²) in [5.74, 6) is 0.299. The molecule has 1 fully saturated rings. The molecule has 0 aliphatic carbocycles. The first kappa shape index (κ1) is 22.0. The Kier molecular flexibility index (Phi) is 6.53. The van der Waals surface area contributed by atoms with Gasteiger partial charge in [0.25, 0.3) is 5.88 Å². The molecule has 0 amide bonds. The number of rotatable bonds is 6. The molecule has 4 rings (SSSR count). The van der Waals surface area contributed by atoms with E-state index in [0.29, 0.717) is 29.4 Å². The van der Waals surface area contributed by atoms with E-state index < -0.39 is 5.60 Å². The maximum atomic E-state index is 15.1. The summed E-state index contributed by atoms with van der Waals surface area (Å²) in [4.78, 5) is 6.31. The van der Waals surface area contributed by atoms with Crippen molar-refractivity contribution in [3.63, 3.8) is 0 Å². The van der Waals surface area contributed by atoms with Gasteiger partial charge in [-0.15, -0.1) is 0 Å². The Balaban J connectivity index is 1.63. The van der Waals surface area contributed by atoms with Crippen molar-refractivity contribution in [2.24, 2.45) is 10.7 Å². The minimum atomic E-state index is -1.01. The summed E-state index contributed by atoms with van der Waals surface area (Å²) < 4.78 is 30.8. The van der Waals surface area contributed by atoms with Crippen molar-refractivity contribution in [1.82, 2.24) is 10.1 Å². The molecule has 0 radical (unpaired) electrons. The lowest BCUT2D eigenvalue weighted by Gasteiger charge is -2.28. The number of ether oxygens (including phenoxy) is 2. The van der Waals surface area contributed by atoms with Crippen LogP contribution in [-0.4, -0.2) is 53.7 Å². The standard InChI is InChI=1S/C24H27FN4O3/c1-3-31-24(2,18-9-10-19(20(25)15-18)17-7-5-4-6-8-17)21-16-22(32-28-21)27-23(26)29-11-13-30-14-12-29/h4-10,15-16H,3,11-14H2,1-2H3,(H2,26,27)/p+1. The molecule has 0 spiro atoms. The Morgan fingerprint density at radius 2 is 1.97 bits per heavy atom. The molecule has 1 aliphatic heterocycles. The van der Waals surface area contributed by atoms with Crippen molar-refractivity contribution in [3.05, 3.63) is 71.7 Å². The highest BCUT2D eigenvalue weighted by molar-refractivity contribution is 5.80. The summed E-state index contributed by atoms with van der Waals surface area (Å²) in [6, 6.07) is 16.2. The number of hydrogen-bond acceptors (Lipinski definition) is 4. The maximum absolute atomic E-state index is 15.1. The molecular formula is C24H28FN4O3+. The van der Waals surface area contributed by atoms with Gasteiger partial charge < -0.3 is 24.6 Å². The molecular weight excluding hydrogens is 411 g/mol. The van der Waals surface area contributed by atoms with Gasteiger partial charge in [0.2, 0.25) is 0 Å². The molecule has 1 saturated heterocycles. The van der Waals surface area contributed by atoms with Gasteiger partial charge in [-0.05, 0) is 31.0 Å². The second-order valence-corrected chi connectivity index (χ2v) is 7.71. The van der Waals surface area contributed by atoms with E-state index in [4.69, 9.17) is 15.0 Å². The summed E-state index contributed by atoms with van der Waals surface area (Å²) in [6.45, 7) is 7.03. The van der Waals surface area contributed by atoms with Gasteiger partial charge in [-0.3, -0.25) is 0 Å². The fourth-order valence-electron chi connectivity index (χ4n) is 3.82. The average Bonchev–Trinajstić information content (AvgIpc) is 3.29. The Hall–Kier alpha value is -3.23. The first-order chi connectivity index (χ1) is 15.5. The number of nitrogens with two attached hydrogens (primary N) is 1. The largest absolute Gasteiger partial charge is 0.431 e. The van der Waals surface area contributed by atoms with E-state index in [-0.39, 0.29) is 11.7 Å². The Morgan fingerprint density at radius 3 is 2.66 bits per heavy atom. The fraction of sp³-hybridized carbons (Fsp3) is 0.333. The van der Waals surface area contributed by atoms with Crippen LogP contribution in [0, 0.1) is 5.82 Å². The molecule has 1 aromatic heterocycles. The molecule has 32 heavy (non-hydrogen) atoms. The van der Waals surface area contributed by atoms with Crippen LogP contribution < -0.4 is 5.73 Å². The minimum absolute atomic E-state index is 0.271. The molecule has 0 saturated carbocycles. The van der Waals surface area contributed by atoms with Crippen molar-refractivity contribution >= 4 is 11.8 Å². The molecule has 168 valence electrons. The number of aliphatic hydroxyl groups is 2. The van der Waals surface area contributed by atoms with E-state index in [0.717, 1.165) is 31.9 Å². The average molecular weight is 440 g/mol. The highest BCUT2D eigenvalue weighted by Crippen LogP contribution is 2.36. The molecule has 3 N–H and O–H groups in total. The van der Waals surface area contributed by atoms with Crippen LogP contribution in [0.1, 0.15) is 25.1 Å². The number of guanidine groups is 1. The SMILES string of the molecule is CCOC(C)(c1ccc(-c2ccccc2)c(F)c1)c1cc(/N=C(/N)N2CC[OH+]CC2)on1. The minimum Gasteiger partial charge on any atom is -0.431 e. The molecule has 2 aromatic carbocycles. The summed E-state index contributed by atoms with van der Waals surface area (Å²) >= 11 is 0. The van der Waals surface area contributed by atoms with E-state index in [1.165, 1.54) is 6.07 Å². The Bertz CT molecular complexity index is 1080. The zero-order valence-corrected chi connectivity index (χ0v) is 18.3. The third kappa shape index (κ3) is 4.51. The van der Waals surface area contributed by atoms with Crippen molar-refractivity contribution < 1.29 is 18.4 Å². The van der Waals surface area contributed by atoms with Crippen LogP contribution in [-0.2, 0) is 10.3 Å². The van der Waals surface area contributed by atoms with Crippen LogP contribution in [0.15, 0.2) is 64.1 Å². The van der Waals surface area contributed by atoms with Crippen molar-refractivity contribution in [3.8, 4) is 11.1 Å². The number of hydrogen-bond donors (Lipinski definition) is 1. The van der Waals surface area contributed by atoms with Crippen molar-refractivity contribution in [1.29, 1.82) is 0 Å². The number of halogens is 1. The maximum Gasteiger partial charge on any atom is 0.253 e. The number of aromatic nitrogens is 1. The van der Waals surface area contributed by atoms with E-state index in [2.05, 4.69) is 14.9 Å². The van der Waals surface area contributed by atoms with Gasteiger partial charge in [0.15, 0.2) is 19.2 Å². The Labute approximate surface area is 186 Å². The first-order valence-corrected chi connectivity index (χ1v) is 10.7. The zero-order valence-electron chi connectivity index (χ0n) is 18.3. The van der Waals surface area contributed by atoms with Crippen molar-refractivity contribution in [2.75, 3.05) is 32.9 Å². The molecule has 7 nitrogen and oxygen atoms in total. The molecule has 2 heterocycles. The van der Waals surface area contributed by atoms with E-state index >= 15 is 4.39 Å². The summed E-state index contributed by atoms with van der Waals surface area (Å²) in [6.07, 6.45) is 0. The summed E-state index contributed by atoms with van der Waals surface area (Å²) in [5.41, 5.74) is 7.58. The molecule has 0 bridgehead atoms. The topological polar surface area (TPSA) is 89.7 Å². The molecule has 8 heteroatoms. The fourth-order valence-corrected chi connectivity index (χ4v) is 3.82. The summed E-state index contributed by atoms with van der Waals surface area (Å²) in [7, 11) is 0. The quantitative estimate of drug-likeness (QED) is 0.360. The Morgan fingerprint density at radius 1 is 1.22 bits per heavy atom. The number of benzene rings is 2. The molecule has 3 aromatic rings. The predicted molar refractivity (Wildman–Crippen MR) is 121 cm³/mol. The van der Waals surface area contributed by atoms with Crippen LogP contribution in [0.4, 0.5) is 10.3 Å². The lowest BCUT2D eigenvalue weighted by Crippen LogP contribution is -2.45. The van der Waals surface area contributed by atoms with Gasteiger partial charge in [0.05, 0.1) is 13.1 Å². The highest BCUT2D eigenvalue weighted by atomic mass is 19.1. The molecule has 1 unspecified atom stereocenters.